The van der Waals surface area contributed by atoms with Crippen molar-refractivity contribution < 1.29 is 22.7 Å². The van der Waals surface area contributed by atoms with E-state index in [0.29, 0.717) is 13.2 Å². The molecule has 1 unspecified atom stereocenters. The second-order valence-corrected chi connectivity index (χ2v) is 6.75. The molecule has 1 fully saturated rings. The molecule has 1 heterocycles. The smallest absolute Gasteiger partial charge is 0.241 e. The third-order valence-electron chi connectivity index (χ3n) is 3.33. The van der Waals surface area contributed by atoms with Crippen LogP contribution in [0.5, 0.6) is 0 Å². The standard InChI is InChI=1S/C13H19FN2O4S/c1-16-4-5-20-12(8-16)7-15-21(18,19)13-6-11(14)3-2-10(13)9-17/h2-3,6,12,15,17H,4-5,7-9H2,1H3. The molecule has 1 aliphatic heterocycles. The van der Waals surface area contributed by atoms with Gasteiger partial charge in [0.05, 0.1) is 24.2 Å². The van der Waals surface area contributed by atoms with Gasteiger partial charge in [0.25, 0.3) is 0 Å². The monoisotopic (exact) mass is 318 g/mol. The minimum absolute atomic E-state index is 0.105. The van der Waals surface area contributed by atoms with Crippen LogP contribution in [-0.2, 0) is 21.4 Å². The van der Waals surface area contributed by atoms with Crippen LogP contribution >= 0.6 is 0 Å². The Morgan fingerprint density at radius 3 is 2.95 bits per heavy atom. The highest BCUT2D eigenvalue weighted by atomic mass is 32.2. The molecular formula is C13H19FN2O4S. The number of sulfonamides is 1. The molecule has 21 heavy (non-hydrogen) atoms. The normalized spacial score (nSPS) is 20.6. The van der Waals surface area contributed by atoms with E-state index in [0.717, 1.165) is 18.7 Å². The van der Waals surface area contributed by atoms with E-state index in [-0.39, 0.29) is 23.1 Å². The van der Waals surface area contributed by atoms with Gasteiger partial charge < -0.3 is 14.7 Å². The fourth-order valence-electron chi connectivity index (χ4n) is 2.18. The third kappa shape index (κ3) is 4.21. The highest BCUT2D eigenvalue weighted by Crippen LogP contribution is 2.17. The largest absolute Gasteiger partial charge is 0.392 e. The first-order chi connectivity index (χ1) is 9.92. The molecule has 1 aliphatic rings. The summed E-state index contributed by atoms with van der Waals surface area (Å²) >= 11 is 0. The van der Waals surface area contributed by atoms with Gasteiger partial charge in [-0.15, -0.1) is 0 Å². The number of morpholine rings is 1. The Kier molecular flexibility index (Phi) is 5.28. The number of halogens is 1. The highest BCUT2D eigenvalue weighted by molar-refractivity contribution is 7.89. The van der Waals surface area contributed by atoms with Gasteiger partial charge in [-0.3, -0.25) is 0 Å². The number of ether oxygens (including phenoxy) is 1. The van der Waals surface area contributed by atoms with Crippen molar-refractivity contribution in [3.05, 3.63) is 29.6 Å². The van der Waals surface area contributed by atoms with E-state index in [1.807, 2.05) is 11.9 Å². The van der Waals surface area contributed by atoms with E-state index in [2.05, 4.69) is 4.72 Å². The van der Waals surface area contributed by atoms with Crippen LogP contribution in [0.2, 0.25) is 0 Å². The lowest BCUT2D eigenvalue weighted by Crippen LogP contribution is -2.45. The molecule has 0 spiro atoms. The van der Waals surface area contributed by atoms with E-state index in [4.69, 9.17) is 4.74 Å². The number of likely N-dealkylation sites (N-methyl/N-ethyl adjacent to an activating group) is 1. The van der Waals surface area contributed by atoms with Gasteiger partial charge in [-0.2, -0.15) is 0 Å². The molecule has 0 bridgehead atoms. The van der Waals surface area contributed by atoms with Gasteiger partial charge in [0, 0.05) is 19.6 Å². The Labute approximate surface area is 123 Å². The van der Waals surface area contributed by atoms with Crippen molar-refractivity contribution in [3.63, 3.8) is 0 Å². The average Bonchev–Trinajstić information content (AvgIpc) is 2.45. The van der Waals surface area contributed by atoms with Crippen LogP contribution in [0, 0.1) is 5.82 Å². The Balaban J connectivity index is 2.09. The number of nitrogens with zero attached hydrogens (tertiary/aromatic N) is 1. The van der Waals surface area contributed by atoms with Gasteiger partial charge in [-0.05, 0) is 24.7 Å². The highest BCUT2D eigenvalue weighted by Gasteiger charge is 2.23. The molecule has 2 N–H and O–H groups in total. The van der Waals surface area contributed by atoms with Crippen molar-refractivity contribution in [1.29, 1.82) is 0 Å². The molecule has 0 radical (unpaired) electrons. The topological polar surface area (TPSA) is 78.9 Å². The Bertz CT molecular complexity index is 594. The van der Waals surface area contributed by atoms with Crippen molar-refractivity contribution in [1.82, 2.24) is 9.62 Å². The summed E-state index contributed by atoms with van der Waals surface area (Å²) in [6, 6.07) is 3.28. The summed E-state index contributed by atoms with van der Waals surface area (Å²) in [5.74, 6) is -0.666. The van der Waals surface area contributed by atoms with E-state index >= 15 is 0 Å². The summed E-state index contributed by atoms with van der Waals surface area (Å²) in [6.07, 6.45) is -0.246. The minimum atomic E-state index is -3.89. The lowest BCUT2D eigenvalue weighted by Gasteiger charge is -2.30. The van der Waals surface area contributed by atoms with Crippen LogP contribution in [0.1, 0.15) is 5.56 Å². The maximum absolute atomic E-state index is 13.3. The van der Waals surface area contributed by atoms with Crippen LogP contribution in [0.15, 0.2) is 23.1 Å². The van der Waals surface area contributed by atoms with Crippen LogP contribution in [0.25, 0.3) is 0 Å². The summed E-state index contributed by atoms with van der Waals surface area (Å²) < 4.78 is 45.6. The third-order valence-corrected chi connectivity index (χ3v) is 4.84. The number of rotatable bonds is 5. The van der Waals surface area contributed by atoms with Gasteiger partial charge in [0.1, 0.15) is 5.82 Å². The van der Waals surface area contributed by atoms with Crippen molar-refractivity contribution in [3.8, 4) is 0 Å². The molecule has 0 aromatic heterocycles. The zero-order chi connectivity index (χ0) is 15.5. The number of aliphatic hydroxyl groups excluding tert-OH is 1. The van der Waals surface area contributed by atoms with Crippen LogP contribution in [0.4, 0.5) is 4.39 Å². The molecule has 1 aromatic carbocycles. The van der Waals surface area contributed by atoms with Crippen molar-refractivity contribution in [2.24, 2.45) is 0 Å². The Morgan fingerprint density at radius 1 is 1.52 bits per heavy atom. The summed E-state index contributed by atoms with van der Waals surface area (Å²) in [5, 5.41) is 9.18. The molecular weight excluding hydrogens is 299 g/mol. The molecule has 2 rings (SSSR count). The quantitative estimate of drug-likeness (QED) is 0.794. The summed E-state index contributed by atoms with van der Waals surface area (Å²) in [4.78, 5) is 1.80. The first-order valence-electron chi connectivity index (χ1n) is 6.61. The predicted octanol–water partition coefficient (Wildman–Crippen LogP) is -0.0731. The fourth-order valence-corrected chi connectivity index (χ4v) is 3.49. The first kappa shape index (κ1) is 16.3. The molecule has 8 heteroatoms. The molecule has 0 aliphatic carbocycles. The Morgan fingerprint density at radius 2 is 2.29 bits per heavy atom. The second kappa shape index (κ2) is 6.80. The van der Waals surface area contributed by atoms with Crippen LogP contribution in [0.3, 0.4) is 0 Å². The van der Waals surface area contributed by atoms with Crippen LogP contribution < -0.4 is 4.72 Å². The van der Waals surface area contributed by atoms with E-state index < -0.39 is 22.4 Å². The van der Waals surface area contributed by atoms with Crippen molar-refractivity contribution in [2.45, 2.75) is 17.6 Å². The molecule has 1 saturated heterocycles. The maximum atomic E-state index is 13.3. The number of hydrogen-bond donors (Lipinski definition) is 2. The fraction of sp³-hybridized carbons (Fsp3) is 0.538. The van der Waals surface area contributed by atoms with Gasteiger partial charge >= 0.3 is 0 Å². The number of hydrogen-bond acceptors (Lipinski definition) is 5. The second-order valence-electron chi connectivity index (χ2n) is 5.02. The van der Waals surface area contributed by atoms with Crippen molar-refractivity contribution in [2.75, 3.05) is 33.3 Å². The average molecular weight is 318 g/mol. The molecule has 6 nitrogen and oxygen atoms in total. The number of nitrogens with one attached hydrogen (secondary N) is 1. The molecule has 0 saturated carbocycles. The summed E-state index contributed by atoms with van der Waals surface area (Å²) in [5.41, 5.74) is 0.158. The number of benzene rings is 1. The van der Waals surface area contributed by atoms with Crippen molar-refractivity contribution >= 4 is 10.0 Å². The van der Waals surface area contributed by atoms with Gasteiger partial charge in [-0.1, -0.05) is 6.07 Å². The van der Waals surface area contributed by atoms with Gasteiger partial charge in [-0.25, -0.2) is 17.5 Å². The van der Waals surface area contributed by atoms with Gasteiger partial charge in [0.2, 0.25) is 10.0 Å². The Hall–Kier alpha value is -1.06. The van der Waals surface area contributed by atoms with E-state index in [1.165, 1.54) is 6.07 Å². The first-order valence-corrected chi connectivity index (χ1v) is 8.10. The molecule has 1 atom stereocenters. The van der Waals surface area contributed by atoms with Crippen LogP contribution in [-0.4, -0.2) is 57.8 Å². The minimum Gasteiger partial charge on any atom is -0.392 e. The lowest BCUT2D eigenvalue weighted by molar-refractivity contribution is -0.0156. The molecule has 118 valence electrons. The maximum Gasteiger partial charge on any atom is 0.241 e. The SMILES string of the molecule is CN1CCOC(CNS(=O)(=O)c2cc(F)ccc2CO)C1. The summed E-state index contributed by atoms with van der Waals surface area (Å²) in [6.45, 7) is 1.61. The zero-order valence-corrected chi connectivity index (χ0v) is 12.6. The zero-order valence-electron chi connectivity index (χ0n) is 11.8. The molecule has 1 aromatic rings. The van der Waals surface area contributed by atoms with E-state index in [1.54, 1.807) is 0 Å². The number of aliphatic hydroxyl groups is 1. The molecule has 0 amide bonds. The predicted molar refractivity (Wildman–Crippen MR) is 74.7 cm³/mol. The van der Waals surface area contributed by atoms with E-state index in [9.17, 15) is 17.9 Å². The van der Waals surface area contributed by atoms with Gasteiger partial charge in [0.15, 0.2) is 0 Å². The lowest BCUT2D eigenvalue weighted by atomic mass is 10.2. The summed E-state index contributed by atoms with van der Waals surface area (Å²) in [7, 11) is -1.96.